The minimum absolute atomic E-state index is 0.154. The third kappa shape index (κ3) is 4.52. The van der Waals surface area contributed by atoms with E-state index in [0.29, 0.717) is 30.5 Å². The van der Waals surface area contributed by atoms with Crippen molar-refractivity contribution in [2.24, 2.45) is 4.99 Å². The Morgan fingerprint density at radius 1 is 1.11 bits per heavy atom. The molecule has 2 N–H and O–H groups in total. The van der Waals surface area contributed by atoms with Gasteiger partial charge in [0.05, 0.1) is 11.3 Å². The third-order valence-corrected chi connectivity index (χ3v) is 4.76. The lowest BCUT2D eigenvalue weighted by Crippen LogP contribution is -2.42. The van der Waals surface area contributed by atoms with Gasteiger partial charge in [0.25, 0.3) is 5.91 Å². The molecule has 6 heteroatoms. The van der Waals surface area contributed by atoms with Crippen LogP contribution in [-0.2, 0) is 28.9 Å². The predicted octanol–water partition coefficient (Wildman–Crippen LogP) is 2.89. The van der Waals surface area contributed by atoms with Crippen LogP contribution in [-0.4, -0.2) is 35.0 Å². The van der Waals surface area contributed by atoms with Crippen molar-refractivity contribution < 1.29 is 19.5 Å². The molecular weight excluding hydrogens is 356 g/mol. The molecule has 1 aliphatic heterocycles. The molecular formula is C22H22N2O4. The molecule has 0 aromatic heterocycles. The first-order valence-electron chi connectivity index (χ1n) is 9.25. The molecule has 0 spiro atoms. The van der Waals surface area contributed by atoms with Crippen LogP contribution >= 0.6 is 0 Å². The number of ketones is 1. The summed E-state index contributed by atoms with van der Waals surface area (Å²) in [5.74, 6) is -1.40. The third-order valence-electron chi connectivity index (χ3n) is 4.76. The molecule has 0 radical (unpaired) electrons. The summed E-state index contributed by atoms with van der Waals surface area (Å²) in [6, 6.07) is 11.5. The van der Waals surface area contributed by atoms with Crippen LogP contribution in [0.3, 0.4) is 0 Å². The number of carboxylic acids is 1. The number of fused-ring (bicyclic) bond motifs is 1. The maximum Gasteiger partial charge on any atom is 0.326 e. The maximum atomic E-state index is 12.6. The van der Waals surface area contributed by atoms with Crippen molar-refractivity contribution in [3.8, 4) is 0 Å². The van der Waals surface area contributed by atoms with E-state index in [4.69, 9.17) is 0 Å². The highest BCUT2D eigenvalue weighted by Gasteiger charge is 2.24. The van der Waals surface area contributed by atoms with Gasteiger partial charge in [-0.05, 0) is 22.8 Å². The fraction of sp³-hybridized carbons (Fsp3) is 0.273. The number of nitrogens with zero attached hydrogens (tertiary/aromatic N) is 1. The van der Waals surface area contributed by atoms with E-state index in [2.05, 4.69) is 10.3 Å². The number of carbonyl (C=O) groups is 3. The van der Waals surface area contributed by atoms with E-state index in [1.807, 2.05) is 25.1 Å². The van der Waals surface area contributed by atoms with E-state index >= 15 is 0 Å². The summed E-state index contributed by atoms with van der Waals surface area (Å²) in [4.78, 5) is 40.1. The molecule has 1 amide bonds. The predicted molar refractivity (Wildman–Crippen MR) is 106 cm³/mol. The summed E-state index contributed by atoms with van der Waals surface area (Å²) < 4.78 is 0. The van der Waals surface area contributed by atoms with Crippen LogP contribution in [0.15, 0.2) is 47.5 Å². The summed E-state index contributed by atoms with van der Waals surface area (Å²) in [5.41, 5.74) is 3.61. The zero-order valence-electron chi connectivity index (χ0n) is 15.6. The number of rotatable bonds is 8. The molecule has 2 aromatic carbocycles. The van der Waals surface area contributed by atoms with Crippen LogP contribution in [0.25, 0.3) is 0 Å². The van der Waals surface area contributed by atoms with Crippen LogP contribution in [0.4, 0.5) is 5.69 Å². The summed E-state index contributed by atoms with van der Waals surface area (Å²) in [6.45, 7) is 1.82. The molecule has 0 aliphatic carbocycles. The Morgan fingerprint density at radius 2 is 1.82 bits per heavy atom. The van der Waals surface area contributed by atoms with Crippen molar-refractivity contribution in [1.29, 1.82) is 0 Å². The molecule has 2 aromatic rings. The van der Waals surface area contributed by atoms with Gasteiger partial charge in [-0.25, -0.2) is 4.79 Å². The van der Waals surface area contributed by atoms with Gasteiger partial charge < -0.3 is 10.4 Å². The summed E-state index contributed by atoms with van der Waals surface area (Å²) in [7, 11) is 0. The van der Waals surface area contributed by atoms with E-state index in [9.17, 15) is 19.5 Å². The van der Waals surface area contributed by atoms with Crippen molar-refractivity contribution >= 4 is 29.6 Å². The quantitative estimate of drug-likeness (QED) is 0.738. The standard InChI is InChI=1S/C22H22N2O4/c1-2-17(25)12-14-6-8-15(9-7-14)13-19(22(27)28)24-21(26)18-5-3-4-16-10-11-23-20(16)18/h3-9,11,19H,2,10,12-13H2,1H3,(H,24,26)(H,27,28)/t19-/m1/s1. The number of aliphatic imine (C=N–C) groups is 1. The largest absolute Gasteiger partial charge is 0.480 e. The number of amides is 1. The second-order valence-electron chi connectivity index (χ2n) is 6.78. The van der Waals surface area contributed by atoms with Crippen LogP contribution in [0.2, 0.25) is 0 Å². The Hall–Kier alpha value is -3.28. The highest BCUT2D eigenvalue weighted by Crippen LogP contribution is 2.28. The van der Waals surface area contributed by atoms with Crippen LogP contribution in [0.5, 0.6) is 0 Å². The van der Waals surface area contributed by atoms with Crippen LogP contribution in [0.1, 0.15) is 40.4 Å². The molecule has 1 heterocycles. The molecule has 3 rings (SSSR count). The van der Waals surface area contributed by atoms with E-state index in [1.165, 1.54) is 0 Å². The Morgan fingerprint density at radius 3 is 2.50 bits per heavy atom. The Kier molecular flexibility index (Phi) is 5.99. The van der Waals surface area contributed by atoms with Crippen molar-refractivity contribution in [2.75, 3.05) is 0 Å². The van der Waals surface area contributed by atoms with Gasteiger partial charge in [0.2, 0.25) is 0 Å². The first kappa shape index (κ1) is 19.5. The summed E-state index contributed by atoms with van der Waals surface area (Å²) in [5, 5.41) is 12.1. The summed E-state index contributed by atoms with van der Waals surface area (Å²) >= 11 is 0. The monoisotopic (exact) mass is 378 g/mol. The topological polar surface area (TPSA) is 95.8 Å². The molecule has 0 fully saturated rings. The average Bonchev–Trinajstić information content (AvgIpc) is 3.17. The highest BCUT2D eigenvalue weighted by atomic mass is 16.4. The van der Waals surface area contributed by atoms with Gasteiger partial charge in [0.15, 0.2) is 0 Å². The second kappa shape index (κ2) is 8.61. The highest BCUT2D eigenvalue weighted by molar-refractivity contribution is 6.02. The lowest BCUT2D eigenvalue weighted by atomic mass is 10.0. The first-order valence-corrected chi connectivity index (χ1v) is 9.25. The minimum atomic E-state index is -1.10. The Balaban J connectivity index is 1.70. The maximum absolute atomic E-state index is 12.6. The first-order chi connectivity index (χ1) is 13.5. The fourth-order valence-electron chi connectivity index (χ4n) is 3.14. The SMILES string of the molecule is CCC(=O)Cc1ccc(C[C@@H](NC(=O)c2cccc3c2N=CC3)C(=O)O)cc1. The number of hydrogen-bond donors (Lipinski definition) is 2. The molecule has 28 heavy (non-hydrogen) atoms. The zero-order valence-corrected chi connectivity index (χ0v) is 15.6. The van der Waals surface area contributed by atoms with E-state index in [1.54, 1.807) is 30.5 Å². The Bertz CT molecular complexity index is 932. The number of benzene rings is 2. The van der Waals surface area contributed by atoms with Crippen molar-refractivity contribution in [3.05, 3.63) is 64.7 Å². The van der Waals surface area contributed by atoms with E-state index in [-0.39, 0.29) is 12.2 Å². The molecule has 0 saturated carbocycles. The smallest absolute Gasteiger partial charge is 0.326 e. The number of carbonyl (C=O) groups excluding carboxylic acids is 2. The Labute approximate surface area is 163 Å². The van der Waals surface area contributed by atoms with Gasteiger partial charge in [-0.1, -0.05) is 43.3 Å². The van der Waals surface area contributed by atoms with Crippen LogP contribution < -0.4 is 5.32 Å². The van der Waals surface area contributed by atoms with Crippen molar-refractivity contribution in [1.82, 2.24) is 5.32 Å². The molecule has 0 bridgehead atoms. The molecule has 0 saturated heterocycles. The van der Waals surface area contributed by atoms with E-state index in [0.717, 1.165) is 16.7 Å². The zero-order chi connectivity index (χ0) is 20.1. The molecule has 6 nitrogen and oxygen atoms in total. The minimum Gasteiger partial charge on any atom is -0.480 e. The normalized spacial score (nSPS) is 13.0. The number of nitrogens with one attached hydrogen (secondary N) is 1. The lowest BCUT2D eigenvalue weighted by molar-refractivity contribution is -0.139. The van der Waals surface area contributed by atoms with Gasteiger partial charge in [-0.2, -0.15) is 0 Å². The van der Waals surface area contributed by atoms with Crippen molar-refractivity contribution in [2.45, 2.75) is 38.6 Å². The summed E-state index contributed by atoms with van der Waals surface area (Å²) in [6.07, 6.45) is 3.42. The number of carboxylic acid groups (broad SMARTS) is 1. The van der Waals surface area contributed by atoms with Crippen molar-refractivity contribution in [3.63, 3.8) is 0 Å². The molecule has 1 aliphatic rings. The molecule has 1 atom stereocenters. The van der Waals surface area contributed by atoms with Gasteiger partial charge in [-0.3, -0.25) is 14.6 Å². The molecule has 0 unspecified atom stereocenters. The number of para-hydroxylation sites is 1. The van der Waals surface area contributed by atoms with Gasteiger partial charge in [0, 0.05) is 31.9 Å². The van der Waals surface area contributed by atoms with E-state index < -0.39 is 17.9 Å². The molecule has 144 valence electrons. The number of aliphatic carboxylic acids is 1. The van der Waals surface area contributed by atoms with Crippen LogP contribution in [0, 0.1) is 0 Å². The van der Waals surface area contributed by atoms with Gasteiger partial charge >= 0.3 is 5.97 Å². The fourth-order valence-corrected chi connectivity index (χ4v) is 3.14. The second-order valence-corrected chi connectivity index (χ2v) is 6.78. The lowest BCUT2D eigenvalue weighted by Gasteiger charge is -2.16. The number of Topliss-reactive ketones (excluding diaryl/α,β-unsaturated/α-hetero) is 1. The number of hydrogen-bond acceptors (Lipinski definition) is 4. The van der Waals surface area contributed by atoms with Gasteiger partial charge in [0.1, 0.15) is 11.8 Å². The average molecular weight is 378 g/mol. The van der Waals surface area contributed by atoms with Gasteiger partial charge in [-0.15, -0.1) is 0 Å².